The van der Waals surface area contributed by atoms with E-state index in [1.54, 1.807) is 11.8 Å². The van der Waals surface area contributed by atoms with Crippen LogP contribution in [0.15, 0.2) is 24.5 Å². The van der Waals surface area contributed by atoms with E-state index in [4.69, 9.17) is 0 Å². The van der Waals surface area contributed by atoms with Crippen molar-refractivity contribution in [1.29, 1.82) is 0 Å². The fourth-order valence-corrected chi connectivity index (χ4v) is 5.55. The van der Waals surface area contributed by atoms with Crippen molar-refractivity contribution in [3.8, 4) is 0 Å². The zero-order valence-corrected chi connectivity index (χ0v) is 20.8. The van der Waals surface area contributed by atoms with E-state index in [0.717, 1.165) is 18.6 Å². The van der Waals surface area contributed by atoms with Gasteiger partial charge in [-0.05, 0) is 71.7 Å². The molecular weight excluding hydrogens is 475 g/mol. The first-order valence-electron chi connectivity index (χ1n) is 12.2. The third-order valence-corrected chi connectivity index (χ3v) is 7.94. The highest BCUT2D eigenvalue weighted by Crippen LogP contribution is 2.43. The van der Waals surface area contributed by atoms with E-state index in [1.807, 2.05) is 7.05 Å². The second kappa shape index (κ2) is 9.49. The summed E-state index contributed by atoms with van der Waals surface area (Å²) in [5, 5.41) is 13.4. The number of fused-ring (bicyclic) bond motifs is 1. The number of nitrogens with one attached hydrogen (secondary N) is 1. The SMILES string of the molecule is CC(C)N(C)[C@@H]1CC[C@H](N2CC[C@H](Nc3ncnc4ccc(C(F)(F)F)cc34)C2=O)[C@](C)(C(=O)O)C1. The number of hydrogen-bond acceptors (Lipinski definition) is 6. The van der Waals surface area contributed by atoms with Crippen molar-refractivity contribution in [2.45, 2.75) is 76.8 Å². The first-order chi connectivity index (χ1) is 16.8. The summed E-state index contributed by atoms with van der Waals surface area (Å²) in [6.07, 6.45) is -1.12. The van der Waals surface area contributed by atoms with Gasteiger partial charge in [-0.3, -0.25) is 9.59 Å². The number of benzene rings is 1. The van der Waals surface area contributed by atoms with E-state index in [-0.39, 0.29) is 29.2 Å². The number of hydrogen-bond donors (Lipinski definition) is 2. The quantitative estimate of drug-likeness (QED) is 0.610. The maximum absolute atomic E-state index is 13.4. The molecule has 0 radical (unpaired) electrons. The maximum atomic E-state index is 13.4. The lowest BCUT2D eigenvalue weighted by atomic mass is 9.68. The molecule has 2 aliphatic rings. The number of anilines is 1. The molecule has 0 spiro atoms. The van der Waals surface area contributed by atoms with Crippen LogP contribution >= 0.6 is 0 Å². The largest absolute Gasteiger partial charge is 0.481 e. The molecule has 1 aliphatic carbocycles. The minimum Gasteiger partial charge on any atom is -0.481 e. The van der Waals surface area contributed by atoms with Crippen molar-refractivity contribution in [1.82, 2.24) is 19.8 Å². The van der Waals surface area contributed by atoms with Crippen molar-refractivity contribution < 1.29 is 27.9 Å². The maximum Gasteiger partial charge on any atom is 0.416 e. The third kappa shape index (κ3) is 4.72. The smallest absolute Gasteiger partial charge is 0.416 e. The molecule has 1 amide bonds. The number of carboxylic acid groups (broad SMARTS) is 1. The van der Waals surface area contributed by atoms with Gasteiger partial charge in [0.25, 0.3) is 0 Å². The second-order valence-electron chi connectivity index (χ2n) is 10.4. The number of carbonyl (C=O) groups is 2. The molecular formula is C25H32F3N5O3. The van der Waals surface area contributed by atoms with Gasteiger partial charge in [0.05, 0.1) is 16.5 Å². The van der Waals surface area contributed by atoms with Gasteiger partial charge in [-0.2, -0.15) is 13.2 Å². The monoisotopic (exact) mass is 507 g/mol. The molecule has 196 valence electrons. The number of likely N-dealkylation sites (tertiary alicyclic amines) is 1. The minimum absolute atomic E-state index is 0.101. The van der Waals surface area contributed by atoms with Gasteiger partial charge >= 0.3 is 12.1 Å². The number of aromatic nitrogens is 2. The number of amides is 1. The molecule has 4 rings (SSSR count). The van der Waals surface area contributed by atoms with E-state index < -0.39 is 35.2 Å². The van der Waals surface area contributed by atoms with Crippen LogP contribution in [-0.4, -0.2) is 74.5 Å². The molecule has 1 aliphatic heterocycles. The Hall–Kier alpha value is -2.95. The van der Waals surface area contributed by atoms with Crippen LogP contribution in [0.5, 0.6) is 0 Å². The van der Waals surface area contributed by atoms with E-state index in [0.29, 0.717) is 31.3 Å². The Bertz CT molecular complexity index is 1160. The molecule has 8 nitrogen and oxygen atoms in total. The molecule has 11 heteroatoms. The van der Waals surface area contributed by atoms with Crippen LogP contribution < -0.4 is 5.32 Å². The lowest BCUT2D eigenvalue weighted by Gasteiger charge is -2.48. The molecule has 2 fully saturated rings. The van der Waals surface area contributed by atoms with Gasteiger partial charge in [-0.25, -0.2) is 9.97 Å². The number of rotatable bonds is 6. The minimum atomic E-state index is -4.52. The summed E-state index contributed by atoms with van der Waals surface area (Å²) in [4.78, 5) is 37.8. The Morgan fingerprint density at radius 1 is 1.25 bits per heavy atom. The number of alkyl halides is 3. The first kappa shape index (κ1) is 26.1. The Morgan fingerprint density at radius 3 is 2.61 bits per heavy atom. The summed E-state index contributed by atoms with van der Waals surface area (Å²) in [5.41, 5.74) is -1.61. The molecule has 2 N–H and O–H groups in total. The van der Waals surface area contributed by atoms with Crippen molar-refractivity contribution >= 4 is 28.6 Å². The van der Waals surface area contributed by atoms with Gasteiger partial charge in [-0.1, -0.05) is 0 Å². The van der Waals surface area contributed by atoms with Crippen LogP contribution in [0, 0.1) is 5.41 Å². The van der Waals surface area contributed by atoms with E-state index in [9.17, 15) is 27.9 Å². The predicted octanol–water partition coefficient (Wildman–Crippen LogP) is 4.01. The number of nitrogens with zero attached hydrogens (tertiary/aromatic N) is 4. The normalized spacial score (nSPS) is 27.3. The van der Waals surface area contributed by atoms with Gasteiger partial charge in [0.1, 0.15) is 18.2 Å². The average Bonchev–Trinajstić information content (AvgIpc) is 3.17. The van der Waals surface area contributed by atoms with Gasteiger partial charge in [0.2, 0.25) is 5.91 Å². The fraction of sp³-hybridized carbons (Fsp3) is 0.600. The first-order valence-corrected chi connectivity index (χ1v) is 12.2. The molecule has 2 aromatic rings. The Balaban J connectivity index is 1.56. The molecule has 4 atom stereocenters. The summed E-state index contributed by atoms with van der Waals surface area (Å²) in [7, 11) is 2.00. The molecule has 2 heterocycles. The van der Waals surface area contributed by atoms with Gasteiger partial charge in [0, 0.05) is 30.1 Å². The second-order valence-corrected chi connectivity index (χ2v) is 10.4. The number of carboxylic acids is 1. The standard InChI is InChI=1S/C25H32F3N5O3/c1-14(2)32(4)16-6-8-20(24(3,12-16)23(35)36)33-10-9-19(22(33)34)31-21-17-11-15(25(26,27)28)5-7-18(17)29-13-30-21/h5,7,11,13-14,16,19-20H,6,8-10,12H2,1-4H3,(H,35,36)(H,29,30,31)/t16-,19+,20+,24-/m1/s1. The summed E-state index contributed by atoms with van der Waals surface area (Å²) in [5.74, 6) is -1.04. The van der Waals surface area contributed by atoms with Crippen LogP contribution in [-0.2, 0) is 15.8 Å². The Kier molecular flexibility index (Phi) is 6.89. The van der Waals surface area contributed by atoms with E-state index in [2.05, 4.69) is 34.0 Å². The van der Waals surface area contributed by atoms with Gasteiger partial charge < -0.3 is 20.2 Å². The number of carbonyl (C=O) groups excluding carboxylic acids is 1. The van der Waals surface area contributed by atoms with Crippen LogP contribution in [0.1, 0.15) is 52.0 Å². The topological polar surface area (TPSA) is 98.7 Å². The van der Waals surface area contributed by atoms with Crippen molar-refractivity contribution in [3.63, 3.8) is 0 Å². The molecule has 1 aromatic heterocycles. The van der Waals surface area contributed by atoms with Crippen molar-refractivity contribution in [2.24, 2.45) is 5.41 Å². The van der Waals surface area contributed by atoms with Crippen LogP contribution in [0.25, 0.3) is 10.9 Å². The van der Waals surface area contributed by atoms with Crippen LogP contribution in [0.3, 0.4) is 0 Å². The van der Waals surface area contributed by atoms with Crippen LogP contribution in [0.2, 0.25) is 0 Å². The van der Waals surface area contributed by atoms with Crippen molar-refractivity contribution in [3.05, 3.63) is 30.1 Å². The predicted molar refractivity (Wildman–Crippen MR) is 128 cm³/mol. The summed E-state index contributed by atoms with van der Waals surface area (Å²) < 4.78 is 39.8. The van der Waals surface area contributed by atoms with Crippen molar-refractivity contribution in [2.75, 3.05) is 18.9 Å². The van der Waals surface area contributed by atoms with E-state index >= 15 is 0 Å². The molecule has 36 heavy (non-hydrogen) atoms. The average molecular weight is 508 g/mol. The zero-order valence-electron chi connectivity index (χ0n) is 20.8. The summed E-state index contributed by atoms with van der Waals surface area (Å²) >= 11 is 0. The van der Waals surface area contributed by atoms with Crippen LogP contribution in [0.4, 0.5) is 19.0 Å². The zero-order chi connectivity index (χ0) is 26.4. The van der Waals surface area contributed by atoms with Gasteiger partial charge in [0.15, 0.2) is 0 Å². The molecule has 1 aromatic carbocycles. The fourth-order valence-electron chi connectivity index (χ4n) is 5.55. The number of aliphatic carboxylic acids is 1. The van der Waals surface area contributed by atoms with Gasteiger partial charge in [-0.15, -0.1) is 0 Å². The highest BCUT2D eigenvalue weighted by molar-refractivity contribution is 5.93. The molecule has 1 saturated carbocycles. The highest BCUT2D eigenvalue weighted by Gasteiger charge is 2.52. The molecule has 1 saturated heterocycles. The lowest BCUT2D eigenvalue weighted by Crippen LogP contribution is -2.58. The summed E-state index contributed by atoms with van der Waals surface area (Å²) in [6, 6.07) is 2.40. The Morgan fingerprint density at radius 2 is 1.97 bits per heavy atom. The summed E-state index contributed by atoms with van der Waals surface area (Å²) in [6.45, 7) is 6.22. The third-order valence-electron chi connectivity index (χ3n) is 7.94. The lowest BCUT2D eigenvalue weighted by molar-refractivity contribution is -0.159. The Labute approximate surface area is 207 Å². The molecule has 0 unspecified atom stereocenters. The molecule has 0 bridgehead atoms. The van der Waals surface area contributed by atoms with E-state index in [1.165, 1.54) is 12.4 Å². The highest BCUT2D eigenvalue weighted by atomic mass is 19.4. The number of halogens is 3.